The Morgan fingerprint density at radius 3 is 0.923 bits per heavy atom. The van der Waals surface area contributed by atoms with E-state index in [1.54, 1.807) is 0 Å². The van der Waals surface area contributed by atoms with Crippen molar-refractivity contribution in [3.05, 3.63) is 12.2 Å². The number of hydrogen-bond acceptors (Lipinski definition) is 0. The van der Waals surface area contributed by atoms with E-state index >= 15 is 0 Å². The molecule has 0 fully saturated rings. The summed E-state index contributed by atoms with van der Waals surface area (Å²) in [4.78, 5) is 0. The van der Waals surface area contributed by atoms with Crippen molar-refractivity contribution < 1.29 is 0 Å². The fourth-order valence-corrected chi connectivity index (χ4v) is 0.354. The van der Waals surface area contributed by atoms with Crippen LogP contribution in [0.2, 0.25) is 0 Å². The predicted molar refractivity (Wildman–Crippen MR) is 66.3 cm³/mol. The first-order valence-corrected chi connectivity index (χ1v) is 5.82. The smallest absolute Gasteiger partial charge is 0.0470 e. The van der Waals surface area contributed by atoms with Gasteiger partial charge in [0.2, 0.25) is 0 Å². The lowest BCUT2D eigenvalue weighted by atomic mass is 10.3. The van der Waals surface area contributed by atoms with Gasteiger partial charge in [-0.25, -0.2) is 0 Å². The molecule has 0 atom stereocenters. The molecule has 0 aromatic rings. The molecular formula is C13H30. The van der Waals surface area contributed by atoms with Crippen molar-refractivity contribution in [2.24, 2.45) is 0 Å². The summed E-state index contributed by atoms with van der Waals surface area (Å²) in [6.45, 7) is 12.8. The Morgan fingerprint density at radius 2 is 0.923 bits per heavy atom. The van der Waals surface area contributed by atoms with Gasteiger partial charge in [-0.2, -0.15) is 0 Å². The van der Waals surface area contributed by atoms with Crippen molar-refractivity contribution in [2.75, 3.05) is 0 Å². The highest BCUT2D eigenvalue weighted by Crippen LogP contribution is 1.88. The van der Waals surface area contributed by atoms with Crippen molar-refractivity contribution in [1.82, 2.24) is 0 Å². The van der Waals surface area contributed by atoms with E-state index in [1.807, 2.05) is 26.0 Å². The minimum atomic E-state index is 1.32. The fourth-order valence-electron chi connectivity index (χ4n) is 0.354. The van der Waals surface area contributed by atoms with Crippen molar-refractivity contribution >= 4 is 0 Å². The quantitative estimate of drug-likeness (QED) is 0.504. The van der Waals surface area contributed by atoms with Crippen molar-refractivity contribution in [2.45, 2.75) is 73.6 Å². The summed E-state index contributed by atoms with van der Waals surface area (Å²) in [5.41, 5.74) is 0. The Hall–Kier alpha value is -0.260. The van der Waals surface area contributed by atoms with Crippen molar-refractivity contribution in [1.29, 1.82) is 0 Å². The monoisotopic (exact) mass is 186 g/mol. The van der Waals surface area contributed by atoms with Gasteiger partial charge in [-0.05, 0) is 13.8 Å². The van der Waals surface area contributed by atoms with E-state index in [0.29, 0.717) is 0 Å². The van der Waals surface area contributed by atoms with Gasteiger partial charge in [0.1, 0.15) is 0 Å². The lowest BCUT2D eigenvalue weighted by molar-refractivity contribution is 0.772. The highest BCUT2D eigenvalue weighted by Gasteiger charge is 1.68. The molecule has 0 radical (unpaired) electrons. The third kappa shape index (κ3) is 79.6. The van der Waals surface area contributed by atoms with Crippen LogP contribution >= 0.6 is 0 Å². The summed E-state index contributed by atoms with van der Waals surface area (Å²) in [6.07, 6.45) is 10.7. The molecule has 13 heavy (non-hydrogen) atoms. The SMILES string of the molecule is C/C=C\C.CCCC.CCCCC. The van der Waals surface area contributed by atoms with Gasteiger partial charge in [0.05, 0.1) is 0 Å². The molecule has 0 saturated heterocycles. The van der Waals surface area contributed by atoms with E-state index in [-0.39, 0.29) is 0 Å². The molecule has 0 aliphatic heterocycles. The molecule has 0 rings (SSSR count). The summed E-state index contributed by atoms with van der Waals surface area (Å²) < 4.78 is 0. The van der Waals surface area contributed by atoms with E-state index in [4.69, 9.17) is 0 Å². The Labute approximate surface area is 86.4 Å². The Kier molecular flexibility index (Phi) is 42.4. The molecular weight excluding hydrogens is 156 g/mol. The average molecular weight is 186 g/mol. The molecule has 82 valence electrons. The summed E-state index contributed by atoms with van der Waals surface area (Å²) in [7, 11) is 0. The zero-order chi connectivity index (χ0) is 10.9. The summed E-state index contributed by atoms with van der Waals surface area (Å²) >= 11 is 0. The van der Waals surface area contributed by atoms with Gasteiger partial charge in [-0.1, -0.05) is 72.0 Å². The Balaban J connectivity index is -0.000000117. The first-order chi connectivity index (χ1) is 6.24. The van der Waals surface area contributed by atoms with Gasteiger partial charge in [0.25, 0.3) is 0 Å². The second-order valence-electron chi connectivity index (χ2n) is 3.02. The maximum atomic E-state index is 2.21. The van der Waals surface area contributed by atoms with Gasteiger partial charge in [-0.15, -0.1) is 0 Å². The molecule has 0 bridgehead atoms. The molecule has 0 aliphatic rings. The van der Waals surface area contributed by atoms with Crippen LogP contribution < -0.4 is 0 Å². The highest BCUT2D eigenvalue weighted by molar-refractivity contribution is 4.68. The predicted octanol–water partition coefficient (Wildman–Crippen LogP) is 5.59. The maximum Gasteiger partial charge on any atom is -0.0470 e. The molecule has 0 nitrogen and oxygen atoms in total. The molecule has 0 unspecified atom stereocenters. The van der Waals surface area contributed by atoms with Crippen LogP contribution in [0.25, 0.3) is 0 Å². The number of rotatable bonds is 3. The molecule has 0 N–H and O–H groups in total. The van der Waals surface area contributed by atoms with Gasteiger partial charge in [-0.3, -0.25) is 0 Å². The van der Waals surface area contributed by atoms with Crippen LogP contribution in [0.3, 0.4) is 0 Å². The number of allylic oxidation sites excluding steroid dienone is 2. The van der Waals surface area contributed by atoms with Crippen LogP contribution in [0, 0.1) is 0 Å². The lowest BCUT2D eigenvalue weighted by Gasteiger charge is -1.79. The zero-order valence-electron chi connectivity index (χ0n) is 10.7. The third-order valence-electron chi connectivity index (χ3n) is 1.54. The molecule has 0 aromatic carbocycles. The normalized spacial score (nSPS) is 8.46. The molecule has 0 heterocycles. The van der Waals surface area contributed by atoms with Crippen LogP contribution in [0.1, 0.15) is 73.6 Å². The van der Waals surface area contributed by atoms with E-state index in [2.05, 4.69) is 27.7 Å². The van der Waals surface area contributed by atoms with E-state index < -0.39 is 0 Å². The van der Waals surface area contributed by atoms with Gasteiger partial charge in [0, 0.05) is 0 Å². The number of unbranched alkanes of at least 4 members (excludes halogenated alkanes) is 3. The van der Waals surface area contributed by atoms with Crippen LogP contribution in [-0.4, -0.2) is 0 Å². The Morgan fingerprint density at radius 1 is 0.615 bits per heavy atom. The van der Waals surface area contributed by atoms with E-state index in [0.717, 1.165) is 0 Å². The minimum absolute atomic E-state index is 1.32. The topological polar surface area (TPSA) is 0 Å². The molecule has 0 aromatic heterocycles. The van der Waals surface area contributed by atoms with Crippen molar-refractivity contribution in [3.8, 4) is 0 Å². The van der Waals surface area contributed by atoms with Crippen LogP contribution in [0.15, 0.2) is 12.2 Å². The highest BCUT2D eigenvalue weighted by atomic mass is 13.7. The summed E-state index contributed by atoms with van der Waals surface area (Å²) in [5.74, 6) is 0. The number of hydrogen-bond donors (Lipinski definition) is 0. The lowest BCUT2D eigenvalue weighted by Crippen LogP contribution is -1.59. The average Bonchev–Trinajstić information content (AvgIpc) is 2.20. The summed E-state index contributed by atoms with van der Waals surface area (Å²) in [6, 6.07) is 0. The molecule has 0 saturated carbocycles. The zero-order valence-corrected chi connectivity index (χ0v) is 10.7. The second-order valence-corrected chi connectivity index (χ2v) is 3.02. The fraction of sp³-hybridized carbons (Fsp3) is 0.846. The summed E-state index contributed by atoms with van der Waals surface area (Å²) in [5, 5.41) is 0. The van der Waals surface area contributed by atoms with Crippen molar-refractivity contribution in [3.63, 3.8) is 0 Å². The largest absolute Gasteiger partial charge is 0.0919 e. The molecule has 0 aliphatic carbocycles. The van der Waals surface area contributed by atoms with Crippen LogP contribution in [0.5, 0.6) is 0 Å². The first-order valence-electron chi connectivity index (χ1n) is 5.82. The first kappa shape index (κ1) is 18.5. The maximum absolute atomic E-state index is 2.21. The van der Waals surface area contributed by atoms with E-state index in [1.165, 1.54) is 32.1 Å². The minimum Gasteiger partial charge on any atom is -0.0919 e. The third-order valence-corrected chi connectivity index (χ3v) is 1.54. The molecule has 0 amide bonds. The Bertz CT molecular complexity index is 54.4. The molecule has 0 heteroatoms. The van der Waals surface area contributed by atoms with Gasteiger partial charge < -0.3 is 0 Å². The van der Waals surface area contributed by atoms with Gasteiger partial charge in [0.15, 0.2) is 0 Å². The standard InChI is InChI=1S/C5H12.C4H10.C4H8/c1-3-5-4-2;2*1-3-4-2/h3-5H2,1-2H3;3-4H2,1-2H3;3-4H,1-2H3/b;;4-3-. The van der Waals surface area contributed by atoms with E-state index in [9.17, 15) is 0 Å². The van der Waals surface area contributed by atoms with Gasteiger partial charge >= 0.3 is 0 Å². The van der Waals surface area contributed by atoms with Crippen LogP contribution in [-0.2, 0) is 0 Å². The second kappa shape index (κ2) is 29.8. The molecule has 0 spiro atoms. The van der Waals surface area contributed by atoms with Crippen LogP contribution in [0.4, 0.5) is 0 Å².